The fourth-order valence-corrected chi connectivity index (χ4v) is 10.4. The van der Waals surface area contributed by atoms with Crippen LogP contribution in [-0.4, -0.2) is 99.1 Å². The number of hydrogen-bond donors (Lipinski definition) is 1. The average molecular weight is 729 g/mol. The summed E-state index contributed by atoms with van der Waals surface area (Å²) in [6.45, 7) is 2.77. The Morgan fingerprint density at radius 1 is 1.04 bits per heavy atom. The van der Waals surface area contributed by atoms with Gasteiger partial charge in [0, 0.05) is 47.6 Å². The van der Waals surface area contributed by atoms with Gasteiger partial charge in [0.1, 0.15) is 5.75 Å². The number of methoxy groups -OCH3 is 1. The van der Waals surface area contributed by atoms with Gasteiger partial charge in [0.15, 0.2) is 0 Å². The summed E-state index contributed by atoms with van der Waals surface area (Å²) in [7, 11) is -0.843. The molecule has 4 fully saturated rings. The monoisotopic (exact) mass is 728 g/mol. The molecule has 1 aromatic heterocycles. The molecule has 5 aliphatic rings. The zero-order chi connectivity index (χ0) is 35.9. The molecule has 1 N–H and O–H groups in total. The quantitative estimate of drug-likeness (QED) is 0.347. The van der Waals surface area contributed by atoms with Crippen LogP contribution in [0.25, 0.3) is 22.2 Å². The second-order valence-electron chi connectivity index (χ2n) is 15.2. The maximum Gasteiger partial charge on any atom is 0.390 e. The van der Waals surface area contributed by atoms with E-state index >= 15 is 4.79 Å². The van der Waals surface area contributed by atoms with Crippen LogP contribution in [0.15, 0.2) is 36.4 Å². The summed E-state index contributed by atoms with van der Waals surface area (Å²) in [4.78, 5) is 32.8. The molecule has 0 radical (unpaired) electrons. The number of fused-ring (bicyclic) bond motifs is 9. The summed E-state index contributed by atoms with van der Waals surface area (Å²) in [5.41, 5.74) is 4.21. The number of likely N-dealkylation sites (N-methyl/N-ethyl adjacent to an activating group) is 1. The summed E-state index contributed by atoms with van der Waals surface area (Å²) in [6, 6.07) is 11.0. The van der Waals surface area contributed by atoms with E-state index in [4.69, 9.17) is 9.47 Å². The molecule has 2 aromatic carbocycles. The number of ether oxygens (including phenoxy) is 2. The van der Waals surface area contributed by atoms with Crippen molar-refractivity contribution in [1.82, 2.24) is 19.1 Å². The molecule has 2 aliphatic carbocycles. The Morgan fingerprint density at radius 3 is 2.45 bits per heavy atom. The normalized spacial score (nSPS) is 26.5. The Hall–Kier alpha value is -3.62. The molecule has 3 aromatic rings. The number of aromatic nitrogens is 1. The topological polar surface area (TPSA) is 110 Å². The Labute approximate surface area is 295 Å². The first kappa shape index (κ1) is 34.5. The number of nitrogens with zero attached hydrogens (tertiary/aromatic N) is 3. The molecule has 2 saturated carbocycles. The summed E-state index contributed by atoms with van der Waals surface area (Å²) in [5.74, 6) is -1.25. The third-order valence-electron chi connectivity index (χ3n) is 11.8. The number of sulfonamides is 1. The number of carbonyl (C=O) groups excluding carboxylic acids is 2. The van der Waals surface area contributed by atoms with Gasteiger partial charge in [-0.2, -0.15) is 13.2 Å². The molecule has 2 bridgehead atoms. The largest absolute Gasteiger partial charge is 0.497 e. The molecule has 4 atom stereocenters. The number of rotatable bonds is 7. The number of alkyl halides is 3. The first-order chi connectivity index (χ1) is 24.3. The third kappa shape index (κ3) is 6.10. The highest BCUT2D eigenvalue weighted by atomic mass is 32.2. The van der Waals surface area contributed by atoms with E-state index in [1.54, 1.807) is 19.2 Å². The highest BCUT2D eigenvalue weighted by molar-refractivity contribution is 7.90. The van der Waals surface area contributed by atoms with Crippen molar-refractivity contribution >= 4 is 32.7 Å². The van der Waals surface area contributed by atoms with Gasteiger partial charge in [0.05, 0.1) is 55.7 Å². The van der Waals surface area contributed by atoms with Gasteiger partial charge in [0.2, 0.25) is 15.9 Å². The van der Waals surface area contributed by atoms with Gasteiger partial charge < -0.3 is 23.8 Å². The molecule has 0 spiro atoms. The lowest BCUT2D eigenvalue weighted by molar-refractivity contribution is -0.160. The van der Waals surface area contributed by atoms with Crippen molar-refractivity contribution in [3.8, 4) is 17.0 Å². The van der Waals surface area contributed by atoms with E-state index < -0.39 is 39.7 Å². The smallest absolute Gasteiger partial charge is 0.390 e. The van der Waals surface area contributed by atoms with Crippen molar-refractivity contribution in [3.63, 3.8) is 0 Å². The van der Waals surface area contributed by atoms with Crippen molar-refractivity contribution in [1.29, 1.82) is 0 Å². The lowest BCUT2D eigenvalue weighted by Gasteiger charge is -2.50. The van der Waals surface area contributed by atoms with Crippen LogP contribution in [0.2, 0.25) is 0 Å². The van der Waals surface area contributed by atoms with Gasteiger partial charge in [-0.15, -0.1) is 0 Å². The van der Waals surface area contributed by atoms with Crippen molar-refractivity contribution in [2.24, 2.45) is 5.41 Å². The zero-order valence-corrected chi connectivity index (χ0v) is 29.6. The molecule has 8 rings (SSSR count). The van der Waals surface area contributed by atoms with E-state index in [1.165, 1.54) is 0 Å². The SMILES string of the molecule is COc1ccc2c(c1)C1CC1(C(=O)N1C3COC[C@H]1CN(C)C3)Cn1c-2c(C2CCCCC2)c2ccc(C(=O)NS(=O)(=O)CCC(F)(F)F)cc21. The first-order valence-corrected chi connectivity index (χ1v) is 19.5. The van der Waals surface area contributed by atoms with Gasteiger partial charge >= 0.3 is 6.18 Å². The fourth-order valence-electron chi connectivity index (χ4n) is 9.39. The lowest BCUT2D eigenvalue weighted by atomic mass is 9.81. The molecule has 10 nitrogen and oxygen atoms in total. The van der Waals surface area contributed by atoms with Crippen LogP contribution in [0.4, 0.5) is 13.2 Å². The summed E-state index contributed by atoms with van der Waals surface area (Å²) >= 11 is 0. The Bertz CT molecular complexity index is 1990. The minimum atomic E-state index is -4.68. The van der Waals surface area contributed by atoms with Gasteiger partial charge in [-0.25, -0.2) is 13.1 Å². The van der Waals surface area contributed by atoms with E-state index in [-0.39, 0.29) is 35.4 Å². The number of carbonyl (C=O) groups is 2. The molecular weight excluding hydrogens is 685 g/mol. The maximum absolute atomic E-state index is 15.1. The van der Waals surface area contributed by atoms with Gasteiger partial charge in [-0.3, -0.25) is 9.59 Å². The number of hydrogen-bond acceptors (Lipinski definition) is 7. The van der Waals surface area contributed by atoms with Crippen molar-refractivity contribution in [3.05, 3.63) is 53.1 Å². The molecule has 14 heteroatoms. The van der Waals surface area contributed by atoms with Crippen LogP contribution in [0, 0.1) is 5.41 Å². The second-order valence-corrected chi connectivity index (χ2v) is 17.0. The third-order valence-corrected chi connectivity index (χ3v) is 13.0. The van der Waals surface area contributed by atoms with E-state index in [0.717, 1.165) is 73.0 Å². The van der Waals surface area contributed by atoms with Crippen molar-refractivity contribution < 1.29 is 40.7 Å². The Morgan fingerprint density at radius 2 is 1.76 bits per heavy atom. The zero-order valence-electron chi connectivity index (χ0n) is 28.8. The van der Waals surface area contributed by atoms with Gasteiger partial charge in [-0.05, 0) is 73.7 Å². The Balaban J connectivity index is 1.27. The van der Waals surface area contributed by atoms with Crippen LogP contribution >= 0.6 is 0 Å². The van der Waals surface area contributed by atoms with Crippen LogP contribution in [0.3, 0.4) is 0 Å². The summed E-state index contributed by atoms with van der Waals surface area (Å²) in [6.07, 6.45) is -0.279. The number of nitrogens with one attached hydrogen (secondary N) is 1. The minimum absolute atomic E-state index is 0.0197. The molecule has 3 aliphatic heterocycles. The number of morpholine rings is 1. The standard InChI is InChI=1S/C37H43F3N4O6S/c1-42-17-24-19-50-20-25(18-42)44(24)35(46)36-16-30(36)29-15-26(49-2)9-11-27(29)33-32(22-6-4-3-5-7-22)28-10-8-23(14-31(28)43(33)21-36)34(45)41-51(47,48)13-12-37(38,39)40/h8-11,14-15,22,24-25,30H,3-7,12-13,16-21H2,1-2H3,(H,41,45)/t24-,25?,30?,36?/m1/s1. The second kappa shape index (κ2) is 12.5. The highest BCUT2D eigenvalue weighted by Gasteiger charge is 2.65. The fraction of sp³-hybridized carbons (Fsp3) is 0.568. The van der Waals surface area contributed by atoms with Crippen molar-refractivity contribution in [2.45, 2.75) is 81.6 Å². The summed E-state index contributed by atoms with van der Waals surface area (Å²) < 4.78 is 79.1. The van der Waals surface area contributed by atoms with Gasteiger partial charge in [-0.1, -0.05) is 25.3 Å². The van der Waals surface area contributed by atoms with Gasteiger partial charge in [0.25, 0.3) is 5.91 Å². The minimum Gasteiger partial charge on any atom is -0.497 e. The van der Waals surface area contributed by atoms with E-state index in [0.29, 0.717) is 37.4 Å². The summed E-state index contributed by atoms with van der Waals surface area (Å²) in [5, 5.41) is 0.932. The molecule has 2 saturated heterocycles. The lowest BCUT2D eigenvalue weighted by Crippen LogP contribution is -2.66. The van der Waals surface area contributed by atoms with E-state index in [9.17, 15) is 26.4 Å². The molecule has 2 amide bonds. The molecule has 3 unspecified atom stereocenters. The number of amides is 2. The van der Waals surface area contributed by atoms with Crippen LogP contribution < -0.4 is 9.46 Å². The van der Waals surface area contributed by atoms with Crippen LogP contribution in [0.5, 0.6) is 5.75 Å². The van der Waals surface area contributed by atoms with Crippen LogP contribution in [0.1, 0.15) is 78.3 Å². The number of piperazine rings is 1. The predicted octanol–water partition coefficient (Wildman–Crippen LogP) is 5.41. The highest BCUT2D eigenvalue weighted by Crippen LogP contribution is 2.66. The number of benzene rings is 2. The molecule has 51 heavy (non-hydrogen) atoms. The molecule has 4 heterocycles. The molecule has 274 valence electrons. The average Bonchev–Trinajstić information content (AvgIpc) is 3.76. The first-order valence-electron chi connectivity index (χ1n) is 17.8. The van der Waals surface area contributed by atoms with E-state index in [2.05, 4.69) is 33.5 Å². The molecular formula is C37H43F3N4O6S. The van der Waals surface area contributed by atoms with Crippen LogP contribution in [-0.2, 0) is 26.1 Å². The van der Waals surface area contributed by atoms with Crippen molar-refractivity contribution in [2.75, 3.05) is 46.2 Å². The maximum atomic E-state index is 15.1. The number of halogens is 3. The predicted molar refractivity (Wildman–Crippen MR) is 184 cm³/mol. The van der Waals surface area contributed by atoms with E-state index in [1.807, 2.05) is 16.9 Å². The Kier molecular flexibility index (Phi) is 8.45.